The fraction of sp³-hybridized carbons (Fsp3) is 0.409. The van der Waals surface area contributed by atoms with Crippen molar-refractivity contribution in [3.63, 3.8) is 0 Å². The van der Waals surface area contributed by atoms with Crippen molar-refractivity contribution in [3.05, 3.63) is 60.2 Å². The van der Waals surface area contributed by atoms with Gasteiger partial charge in [0.05, 0.1) is 26.7 Å². The summed E-state index contributed by atoms with van der Waals surface area (Å²) in [6.07, 6.45) is 3.79. The molecule has 1 aliphatic heterocycles. The maximum absolute atomic E-state index is 12.3. The van der Waals surface area contributed by atoms with Crippen LogP contribution in [0.25, 0.3) is 0 Å². The van der Waals surface area contributed by atoms with E-state index in [0.717, 1.165) is 18.8 Å². The Kier molecular flexibility index (Phi) is 7.11. The van der Waals surface area contributed by atoms with Gasteiger partial charge in [-0.3, -0.25) is 4.79 Å². The lowest BCUT2D eigenvalue weighted by atomic mass is 10.0. The van der Waals surface area contributed by atoms with Gasteiger partial charge in [0.2, 0.25) is 0 Å². The first-order chi connectivity index (χ1) is 13.3. The zero-order valence-corrected chi connectivity index (χ0v) is 15.9. The molecule has 2 N–H and O–H groups in total. The summed E-state index contributed by atoms with van der Waals surface area (Å²) < 4.78 is 10.8. The van der Waals surface area contributed by atoms with Crippen molar-refractivity contribution >= 4 is 5.91 Å². The van der Waals surface area contributed by atoms with Gasteiger partial charge in [0.15, 0.2) is 6.61 Å². The quantitative estimate of drug-likeness (QED) is 0.748. The number of hydrogen-bond donors (Lipinski definition) is 2. The molecular formula is C22H29N2O3+. The molecule has 0 spiro atoms. The smallest absolute Gasteiger partial charge is 0.258 e. The van der Waals surface area contributed by atoms with Crippen LogP contribution in [0.3, 0.4) is 0 Å². The van der Waals surface area contributed by atoms with Crippen LogP contribution < -0.4 is 19.7 Å². The van der Waals surface area contributed by atoms with Gasteiger partial charge in [-0.05, 0) is 55.7 Å². The van der Waals surface area contributed by atoms with Crippen molar-refractivity contribution in [1.29, 1.82) is 0 Å². The highest BCUT2D eigenvalue weighted by Crippen LogP contribution is 2.16. The normalized spacial score (nSPS) is 15.7. The molecule has 1 amide bonds. The van der Waals surface area contributed by atoms with Gasteiger partial charge in [0, 0.05) is 5.56 Å². The van der Waals surface area contributed by atoms with E-state index in [1.165, 1.54) is 29.7 Å². The lowest BCUT2D eigenvalue weighted by molar-refractivity contribution is -0.935. The molecule has 1 aliphatic rings. The Balaban J connectivity index is 1.59. The number of carbonyl (C=O) groups is 1. The SMILES string of the molecule is COc1ccc([C@@H](CNC(=O)COc2ccccc2)[NH+]2CCCCC2)cc1. The van der Waals surface area contributed by atoms with E-state index in [0.29, 0.717) is 12.3 Å². The van der Waals surface area contributed by atoms with E-state index in [-0.39, 0.29) is 18.6 Å². The van der Waals surface area contributed by atoms with Gasteiger partial charge in [-0.2, -0.15) is 0 Å². The van der Waals surface area contributed by atoms with Crippen molar-refractivity contribution in [1.82, 2.24) is 5.32 Å². The third-order valence-electron chi connectivity index (χ3n) is 5.12. The molecule has 2 aromatic rings. The number of methoxy groups -OCH3 is 1. The Bertz CT molecular complexity index is 697. The van der Waals surface area contributed by atoms with Crippen LogP contribution in [-0.4, -0.2) is 39.3 Å². The minimum Gasteiger partial charge on any atom is -0.497 e. The van der Waals surface area contributed by atoms with Crippen molar-refractivity contribution in [2.24, 2.45) is 0 Å². The fourth-order valence-corrected chi connectivity index (χ4v) is 3.62. The topological polar surface area (TPSA) is 52.0 Å². The summed E-state index contributed by atoms with van der Waals surface area (Å²) in [6, 6.07) is 17.9. The van der Waals surface area contributed by atoms with Gasteiger partial charge in [-0.25, -0.2) is 0 Å². The van der Waals surface area contributed by atoms with Crippen molar-refractivity contribution < 1.29 is 19.2 Å². The summed E-state index contributed by atoms with van der Waals surface area (Å²) in [4.78, 5) is 13.8. The minimum atomic E-state index is -0.0891. The fourth-order valence-electron chi connectivity index (χ4n) is 3.62. The Morgan fingerprint density at radius 1 is 1.00 bits per heavy atom. The molecule has 1 fully saturated rings. The lowest BCUT2D eigenvalue weighted by Gasteiger charge is -2.32. The third kappa shape index (κ3) is 5.73. The molecule has 0 aliphatic carbocycles. The summed E-state index contributed by atoms with van der Waals surface area (Å²) in [5.41, 5.74) is 1.23. The molecule has 0 bridgehead atoms. The summed E-state index contributed by atoms with van der Waals surface area (Å²) in [5.74, 6) is 1.47. The highest BCUT2D eigenvalue weighted by atomic mass is 16.5. The number of benzene rings is 2. The van der Waals surface area contributed by atoms with E-state index in [1.807, 2.05) is 42.5 Å². The number of para-hydroxylation sites is 1. The van der Waals surface area contributed by atoms with E-state index < -0.39 is 0 Å². The number of quaternary nitrogens is 1. The summed E-state index contributed by atoms with van der Waals surface area (Å²) >= 11 is 0. The van der Waals surface area contributed by atoms with Crippen molar-refractivity contribution in [2.45, 2.75) is 25.3 Å². The van der Waals surface area contributed by atoms with Crippen LogP contribution in [0.5, 0.6) is 11.5 Å². The molecule has 5 heteroatoms. The highest BCUT2D eigenvalue weighted by Gasteiger charge is 2.26. The zero-order valence-electron chi connectivity index (χ0n) is 15.9. The maximum atomic E-state index is 12.3. The van der Waals surface area contributed by atoms with E-state index >= 15 is 0 Å². The van der Waals surface area contributed by atoms with Crippen LogP contribution in [0.1, 0.15) is 30.9 Å². The molecule has 27 heavy (non-hydrogen) atoms. The van der Waals surface area contributed by atoms with Gasteiger partial charge in [-0.15, -0.1) is 0 Å². The highest BCUT2D eigenvalue weighted by molar-refractivity contribution is 5.77. The van der Waals surface area contributed by atoms with Gasteiger partial charge >= 0.3 is 0 Å². The molecule has 0 unspecified atom stereocenters. The van der Waals surface area contributed by atoms with Crippen molar-refractivity contribution in [2.75, 3.05) is 33.4 Å². The number of piperidine rings is 1. The van der Waals surface area contributed by atoms with Crippen LogP contribution in [-0.2, 0) is 4.79 Å². The maximum Gasteiger partial charge on any atom is 0.258 e. The molecular weight excluding hydrogens is 340 g/mol. The zero-order chi connectivity index (χ0) is 18.9. The second kappa shape index (κ2) is 9.97. The molecule has 1 saturated heterocycles. The van der Waals surface area contributed by atoms with Crippen LogP contribution in [0, 0.1) is 0 Å². The second-order valence-corrected chi connectivity index (χ2v) is 6.95. The van der Waals surface area contributed by atoms with E-state index in [1.54, 1.807) is 7.11 Å². The molecule has 0 saturated carbocycles. The van der Waals surface area contributed by atoms with Gasteiger partial charge in [0.1, 0.15) is 17.5 Å². The standard InChI is InChI=1S/C22H28N2O3/c1-26-19-12-10-18(11-13-19)21(24-14-6-3-7-15-24)16-23-22(25)17-27-20-8-4-2-5-9-20/h2,4-5,8-13,21H,3,6-7,14-17H2,1H3,(H,23,25)/p+1/t21-/m1/s1. The van der Waals surface area contributed by atoms with E-state index in [2.05, 4.69) is 17.4 Å². The Hall–Kier alpha value is -2.53. The predicted molar refractivity (Wildman–Crippen MR) is 105 cm³/mol. The number of ether oxygens (including phenoxy) is 2. The number of hydrogen-bond acceptors (Lipinski definition) is 3. The van der Waals surface area contributed by atoms with Gasteiger partial charge in [0.25, 0.3) is 5.91 Å². The molecule has 144 valence electrons. The molecule has 0 aromatic heterocycles. The Morgan fingerprint density at radius 2 is 1.70 bits per heavy atom. The summed E-state index contributed by atoms with van der Waals surface area (Å²) in [5, 5.41) is 3.06. The monoisotopic (exact) mass is 369 g/mol. The Morgan fingerprint density at radius 3 is 2.37 bits per heavy atom. The summed E-state index contributed by atoms with van der Waals surface area (Å²) in [7, 11) is 1.68. The van der Waals surface area contributed by atoms with Crippen molar-refractivity contribution in [3.8, 4) is 11.5 Å². The van der Waals surface area contributed by atoms with Crippen LogP contribution >= 0.6 is 0 Å². The second-order valence-electron chi connectivity index (χ2n) is 6.95. The van der Waals surface area contributed by atoms with Crippen LogP contribution in [0.15, 0.2) is 54.6 Å². The van der Waals surface area contributed by atoms with Gasteiger partial charge < -0.3 is 19.7 Å². The van der Waals surface area contributed by atoms with Crippen LogP contribution in [0.2, 0.25) is 0 Å². The molecule has 0 radical (unpaired) electrons. The molecule has 5 nitrogen and oxygen atoms in total. The average molecular weight is 369 g/mol. The number of carbonyl (C=O) groups excluding carboxylic acids is 1. The number of amides is 1. The summed E-state index contributed by atoms with van der Waals surface area (Å²) in [6.45, 7) is 2.94. The molecule has 2 aromatic carbocycles. The first kappa shape index (κ1) is 19.2. The van der Waals surface area contributed by atoms with E-state index in [9.17, 15) is 4.79 Å². The number of nitrogens with one attached hydrogen (secondary N) is 2. The predicted octanol–water partition coefficient (Wildman–Crippen LogP) is 2.00. The number of likely N-dealkylation sites (tertiary alicyclic amines) is 1. The Labute approximate surface area is 161 Å². The van der Waals surface area contributed by atoms with Crippen LogP contribution in [0.4, 0.5) is 0 Å². The molecule has 3 rings (SSSR count). The first-order valence-corrected chi connectivity index (χ1v) is 9.69. The average Bonchev–Trinajstić information content (AvgIpc) is 2.74. The largest absolute Gasteiger partial charge is 0.497 e. The first-order valence-electron chi connectivity index (χ1n) is 9.69. The molecule has 1 atom stereocenters. The third-order valence-corrected chi connectivity index (χ3v) is 5.12. The van der Waals surface area contributed by atoms with Gasteiger partial charge in [-0.1, -0.05) is 18.2 Å². The van der Waals surface area contributed by atoms with E-state index in [4.69, 9.17) is 9.47 Å². The minimum absolute atomic E-state index is 0.0364. The lowest BCUT2D eigenvalue weighted by Crippen LogP contribution is -3.13. The molecule has 1 heterocycles. The number of rotatable bonds is 8.